The summed E-state index contributed by atoms with van der Waals surface area (Å²) in [5.41, 5.74) is 3.70. The highest BCUT2D eigenvalue weighted by atomic mass is 32.2. The van der Waals surface area contributed by atoms with E-state index in [1.165, 1.54) is 16.0 Å². The van der Waals surface area contributed by atoms with Crippen LogP contribution in [0.15, 0.2) is 53.4 Å². The third kappa shape index (κ3) is 3.06. The molecule has 1 N–H and O–H groups in total. The molecule has 0 fully saturated rings. The Balaban J connectivity index is 1.66. The summed E-state index contributed by atoms with van der Waals surface area (Å²) in [6, 6.07) is 16.6. The van der Waals surface area contributed by atoms with Crippen LogP contribution in [0, 0.1) is 0 Å². The first-order chi connectivity index (χ1) is 9.86. The summed E-state index contributed by atoms with van der Waals surface area (Å²) in [5, 5.41) is 9.04. The molecule has 0 aliphatic carbocycles. The van der Waals surface area contributed by atoms with Crippen molar-refractivity contribution < 1.29 is 9.84 Å². The molecule has 0 radical (unpaired) electrons. The standard InChI is InChI=1S/C17H18O2S/c18-11-13-5-7-15(8-6-13)20-12-17-16-4-2-1-3-14(16)9-10-19-17/h1-8,17-18H,9-12H2. The van der Waals surface area contributed by atoms with E-state index in [-0.39, 0.29) is 12.7 Å². The second-order valence-electron chi connectivity index (χ2n) is 4.92. The Bertz CT molecular complexity index is 565. The van der Waals surface area contributed by atoms with Crippen molar-refractivity contribution in [2.45, 2.75) is 24.0 Å². The molecule has 2 aromatic rings. The van der Waals surface area contributed by atoms with Crippen LogP contribution in [-0.2, 0) is 17.8 Å². The molecule has 104 valence electrons. The number of hydrogen-bond acceptors (Lipinski definition) is 3. The number of ether oxygens (including phenoxy) is 1. The summed E-state index contributed by atoms with van der Waals surface area (Å²) < 4.78 is 5.91. The molecule has 3 rings (SSSR count). The fraction of sp³-hybridized carbons (Fsp3) is 0.294. The Morgan fingerprint density at radius 2 is 1.90 bits per heavy atom. The van der Waals surface area contributed by atoms with Crippen molar-refractivity contribution in [3.05, 3.63) is 65.2 Å². The van der Waals surface area contributed by atoms with E-state index in [1.54, 1.807) is 11.8 Å². The summed E-state index contributed by atoms with van der Waals surface area (Å²) in [5.74, 6) is 0.926. The first-order valence-corrected chi connectivity index (χ1v) is 7.87. The van der Waals surface area contributed by atoms with Crippen LogP contribution in [0.2, 0.25) is 0 Å². The van der Waals surface area contributed by atoms with Crippen molar-refractivity contribution >= 4 is 11.8 Å². The summed E-state index contributed by atoms with van der Waals surface area (Å²) in [6.07, 6.45) is 1.20. The Hall–Kier alpha value is -1.29. The molecule has 1 heterocycles. The van der Waals surface area contributed by atoms with Gasteiger partial charge in [0.15, 0.2) is 0 Å². The number of thioether (sulfide) groups is 1. The average molecular weight is 286 g/mol. The molecular formula is C17H18O2S. The number of aliphatic hydroxyl groups excluding tert-OH is 1. The van der Waals surface area contributed by atoms with Crippen LogP contribution in [0.5, 0.6) is 0 Å². The van der Waals surface area contributed by atoms with Gasteiger partial charge in [0.05, 0.1) is 19.3 Å². The molecule has 3 heteroatoms. The maximum atomic E-state index is 9.04. The lowest BCUT2D eigenvalue weighted by atomic mass is 9.99. The van der Waals surface area contributed by atoms with Crippen LogP contribution in [-0.4, -0.2) is 17.5 Å². The number of hydrogen-bond donors (Lipinski definition) is 1. The van der Waals surface area contributed by atoms with E-state index in [9.17, 15) is 0 Å². The van der Waals surface area contributed by atoms with Crippen molar-refractivity contribution in [3.63, 3.8) is 0 Å². The Labute approximate surface area is 123 Å². The summed E-state index contributed by atoms with van der Waals surface area (Å²) in [4.78, 5) is 1.22. The van der Waals surface area contributed by atoms with Crippen molar-refractivity contribution in [2.24, 2.45) is 0 Å². The van der Waals surface area contributed by atoms with Gasteiger partial charge in [-0.1, -0.05) is 36.4 Å². The Morgan fingerprint density at radius 3 is 2.70 bits per heavy atom. The van der Waals surface area contributed by atoms with Gasteiger partial charge in [0.25, 0.3) is 0 Å². The Kier molecular flexibility index (Phi) is 4.41. The zero-order valence-electron chi connectivity index (χ0n) is 11.3. The van der Waals surface area contributed by atoms with Gasteiger partial charge in [-0.05, 0) is 35.2 Å². The molecule has 20 heavy (non-hydrogen) atoms. The number of rotatable bonds is 4. The van der Waals surface area contributed by atoms with Gasteiger partial charge >= 0.3 is 0 Å². The molecule has 2 aromatic carbocycles. The molecule has 0 saturated heterocycles. The molecule has 2 nitrogen and oxygen atoms in total. The third-order valence-corrected chi connectivity index (χ3v) is 4.67. The normalized spacial score (nSPS) is 17.8. The Morgan fingerprint density at radius 1 is 1.10 bits per heavy atom. The molecule has 1 atom stereocenters. The van der Waals surface area contributed by atoms with Crippen LogP contribution >= 0.6 is 11.8 Å². The van der Waals surface area contributed by atoms with Gasteiger partial charge in [0.1, 0.15) is 0 Å². The molecule has 1 unspecified atom stereocenters. The SMILES string of the molecule is OCc1ccc(SCC2OCCc3ccccc32)cc1. The van der Waals surface area contributed by atoms with E-state index >= 15 is 0 Å². The van der Waals surface area contributed by atoms with Crippen molar-refractivity contribution in [3.8, 4) is 0 Å². The van der Waals surface area contributed by atoms with E-state index in [0.29, 0.717) is 0 Å². The van der Waals surface area contributed by atoms with E-state index in [2.05, 4.69) is 36.4 Å². The molecule has 1 aliphatic rings. The van der Waals surface area contributed by atoms with Crippen molar-refractivity contribution in [1.82, 2.24) is 0 Å². The molecule has 0 bridgehead atoms. The molecule has 0 aromatic heterocycles. The van der Waals surface area contributed by atoms with Gasteiger partial charge in [0, 0.05) is 10.6 Å². The van der Waals surface area contributed by atoms with Crippen LogP contribution in [0.1, 0.15) is 22.8 Å². The average Bonchev–Trinajstić information content (AvgIpc) is 2.53. The third-order valence-electron chi connectivity index (χ3n) is 3.60. The fourth-order valence-electron chi connectivity index (χ4n) is 2.48. The van der Waals surface area contributed by atoms with E-state index < -0.39 is 0 Å². The van der Waals surface area contributed by atoms with Crippen molar-refractivity contribution in [2.75, 3.05) is 12.4 Å². The molecule has 0 spiro atoms. The van der Waals surface area contributed by atoms with Crippen LogP contribution in [0.25, 0.3) is 0 Å². The van der Waals surface area contributed by atoms with Gasteiger partial charge in [0.2, 0.25) is 0 Å². The van der Waals surface area contributed by atoms with E-state index in [0.717, 1.165) is 24.3 Å². The number of fused-ring (bicyclic) bond motifs is 1. The smallest absolute Gasteiger partial charge is 0.0921 e. The second-order valence-corrected chi connectivity index (χ2v) is 6.01. The van der Waals surface area contributed by atoms with Gasteiger partial charge in [-0.15, -0.1) is 11.8 Å². The summed E-state index contributed by atoms with van der Waals surface area (Å²) in [7, 11) is 0. The lowest BCUT2D eigenvalue weighted by Gasteiger charge is -2.25. The monoisotopic (exact) mass is 286 g/mol. The maximum Gasteiger partial charge on any atom is 0.0921 e. The fourth-order valence-corrected chi connectivity index (χ4v) is 3.43. The number of aliphatic hydroxyl groups is 1. The summed E-state index contributed by atoms with van der Waals surface area (Å²) in [6.45, 7) is 0.912. The van der Waals surface area contributed by atoms with E-state index in [4.69, 9.17) is 9.84 Å². The lowest BCUT2D eigenvalue weighted by molar-refractivity contribution is 0.0588. The molecule has 0 amide bonds. The van der Waals surface area contributed by atoms with Crippen LogP contribution in [0.4, 0.5) is 0 Å². The highest BCUT2D eigenvalue weighted by molar-refractivity contribution is 7.99. The zero-order chi connectivity index (χ0) is 13.8. The maximum absolute atomic E-state index is 9.04. The quantitative estimate of drug-likeness (QED) is 0.871. The van der Waals surface area contributed by atoms with Gasteiger partial charge in [-0.25, -0.2) is 0 Å². The van der Waals surface area contributed by atoms with Gasteiger partial charge in [-0.2, -0.15) is 0 Å². The summed E-state index contributed by atoms with van der Waals surface area (Å²) >= 11 is 1.80. The minimum absolute atomic E-state index is 0.101. The van der Waals surface area contributed by atoms with E-state index in [1.807, 2.05) is 12.1 Å². The molecule has 1 aliphatic heterocycles. The largest absolute Gasteiger partial charge is 0.392 e. The minimum atomic E-state index is 0.101. The van der Waals surface area contributed by atoms with Crippen molar-refractivity contribution in [1.29, 1.82) is 0 Å². The van der Waals surface area contributed by atoms with Gasteiger partial charge in [-0.3, -0.25) is 0 Å². The van der Waals surface area contributed by atoms with Crippen LogP contribution < -0.4 is 0 Å². The predicted octanol–water partition coefficient (Wildman–Crippen LogP) is 3.59. The topological polar surface area (TPSA) is 29.5 Å². The molecule has 0 saturated carbocycles. The number of benzene rings is 2. The first kappa shape index (κ1) is 13.7. The second kappa shape index (κ2) is 6.44. The highest BCUT2D eigenvalue weighted by Gasteiger charge is 2.20. The van der Waals surface area contributed by atoms with Crippen LogP contribution in [0.3, 0.4) is 0 Å². The first-order valence-electron chi connectivity index (χ1n) is 6.89. The molecular weight excluding hydrogens is 268 g/mol. The minimum Gasteiger partial charge on any atom is -0.392 e. The lowest BCUT2D eigenvalue weighted by Crippen LogP contribution is -2.17. The highest BCUT2D eigenvalue weighted by Crippen LogP contribution is 2.32. The predicted molar refractivity (Wildman–Crippen MR) is 81.9 cm³/mol. The zero-order valence-corrected chi connectivity index (χ0v) is 12.1. The van der Waals surface area contributed by atoms with Gasteiger partial charge < -0.3 is 9.84 Å².